The first-order valence-electron chi connectivity index (χ1n) is 5.09. The molecule has 0 aliphatic carbocycles. The molecule has 0 bridgehead atoms. The minimum Gasteiger partial charge on any atom is -0.507 e. The molecule has 0 heterocycles. The van der Waals surface area contributed by atoms with Gasteiger partial charge in [0, 0.05) is 19.2 Å². The van der Waals surface area contributed by atoms with Crippen LogP contribution in [0.25, 0.3) is 0 Å². The summed E-state index contributed by atoms with van der Waals surface area (Å²) >= 11 is 3.15. The molecule has 1 rings (SSSR count). The van der Waals surface area contributed by atoms with Gasteiger partial charge >= 0.3 is 0 Å². The van der Waals surface area contributed by atoms with Crippen molar-refractivity contribution in [2.24, 2.45) is 5.92 Å². The van der Waals surface area contributed by atoms with Gasteiger partial charge in [-0.3, -0.25) is 4.79 Å². The zero-order chi connectivity index (χ0) is 13.0. The summed E-state index contributed by atoms with van der Waals surface area (Å²) < 4.78 is 0.544. The van der Waals surface area contributed by atoms with Gasteiger partial charge in [-0.1, -0.05) is 0 Å². The first-order chi connectivity index (χ1) is 7.95. The van der Waals surface area contributed by atoms with Gasteiger partial charge in [-0.25, -0.2) is 0 Å². The largest absolute Gasteiger partial charge is 0.507 e. The Labute approximate surface area is 109 Å². The number of phenols is 1. The zero-order valence-corrected chi connectivity index (χ0v) is 11.2. The van der Waals surface area contributed by atoms with Crippen molar-refractivity contribution in [1.29, 1.82) is 5.26 Å². The van der Waals surface area contributed by atoms with E-state index in [4.69, 9.17) is 5.26 Å². The zero-order valence-electron chi connectivity index (χ0n) is 9.64. The number of nitrogens with zero attached hydrogens (tertiary/aromatic N) is 2. The molecule has 0 saturated carbocycles. The summed E-state index contributed by atoms with van der Waals surface area (Å²) in [6.07, 6.45) is 0. The predicted octanol–water partition coefficient (Wildman–Crippen LogP) is 2.39. The highest BCUT2D eigenvalue weighted by molar-refractivity contribution is 9.10. The second kappa shape index (κ2) is 5.69. The number of nitriles is 1. The Morgan fingerprint density at radius 2 is 2.29 bits per heavy atom. The molecule has 0 radical (unpaired) electrons. The Morgan fingerprint density at radius 3 is 2.82 bits per heavy atom. The van der Waals surface area contributed by atoms with E-state index in [0.717, 1.165) is 0 Å². The van der Waals surface area contributed by atoms with Crippen molar-refractivity contribution in [3.05, 3.63) is 28.2 Å². The Hall–Kier alpha value is -1.54. The van der Waals surface area contributed by atoms with E-state index in [2.05, 4.69) is 22.0 Å². The molecular weight excluding hydrogens is 284 g/mol. The summed E-state index contributed by atoms with van der Waals surface area (Å²) in [5.41, 5.74) is 0.401. The number of halogens is 1. The minimum atomic E-state index is -0.215. The van der Waals surface area contributed by atoms with E-state index in [1.165, 1.54) is 11.0 Å². The second-order valence-electron chi connectivity index (χ2n) is 3.88. The average molecular weight is 297 g/mol. The molecule has 5 heteroatoms. The topological polar surface area (TPSA) is 64.3 Å². The molecular formula is C12H13BrN2O2. The van der Waals surface area contributed by atoms with Crippen LogP contribution in [0.3, 0.4) is 0 Å². The molecule has 0 fully saturated rings. The molecule has 0 aliphatic heterocycles. The van der Waals surface area contributed by atoms with Crippen LogP contribution >= 0.6 is 15.9 Å². The lowest BCUT2D eigenvalue weighted by Crippen LogP contribution is -2.30. The summed E-state index contributed by atoms with van der Waals surface area (Å²) in [4.78, 5) is 13.4. The first-order valence-corrected chi connectivity index (χ1v) is 5.88. The number of phenolic OH excluding ortho intramolecular Hbond substituents is 1. The number of benzene rings is 1. The second-order valence-corrected chi connectivity index (χ2v) is 4.74. The maximum atomic E-state index is 11.9. The predicted molar refractivity (Wildman–Crippen MR) is 67.5 cm³/mol. The molecule has 1 aromatic rings. The van der Waals surface area contributed by atoms with Crippen molar-refractivity contribution in [3.63, 3.8) is 0 Å². The van der Waals surface area contributed by atoms with Gasteiger partial charge in [-0.2, -0.15) is 5.26 Å². The van der Waals surface area contributed by atoms with Crippen LogP contribution < -0.4 is 0 Å². The molecule has 1 unspecified atom stereocenters. The monoisotopic (exact) mass is 296 g/mol. The van der Waals surface area contributed by atoms with Crippen LogP contribution in [0.1, 0.15) is 17.3 Å². The highest BCUT2D eigenvalue weighted by atomic mass is 79.9. The van der Waals surface area contributed by atoms with Crippen LogP contribution in [0, 0.1) is 17.2 Å². The lowest BCUT2D eigenvalue weighted by molar-refractivity contribution is 0.0784. The van der Waals surface area contributed by atoms with Crippen LogP contribution in [0.4, 0.5) is 0 Å². The molecule has 4 nitrogen and oxygen atoms in total. The van der Waals surface area contributed by atoms with Crippen LogP contribution in [-0.2, 0) is 0 Å². The van der Waals surface area contributed by atoms with Crippen LogP contribution in [0.15, 0.2) is 22.7 Å². The van der Waals surface area contributed by atoms with Crippen molar-refractivity contribution in [3.8, 4) is 11.8 Å². The van der Waals surface area contributed by atoms with E-state index in [1.807, 2.05) is 0 Å². The molecule has 1 amide bonds. The number of carbonyl (C=O) groups is 1. The number of hydrogen-bond acceptors (Lipinski definition) is 3. The quantitative estimate of drug-likeness (QED) is 0.931. The standard InChI is InChI=1S/C12H13BrN2O2/c1-8(6-14)7-15(2)12(17)9-3-4-10(13)11(16)5-9/h3-5,8,16H,7H2,1-2H3. The Bertz CT molecular complexity index is 468. The fourth-order valence-corrected chi connectivity index (χ4v) is 1.65. The molecule has 0 saturated heterocycles. The van der Waals surface area contributed by atoms with Crippen LogP contribution in [-0.4, -0.2) is 29.5 Å². The van der Waals surface area contributed by atoms with E-state index in [1.54, 1.807) is 26.1 Å². The normalized spacial score (nSPS) is 11.6. The van der Waals surface area contributed by atoms with Gasteiger partial charge < -0.3 is 10.0 Å². The van der Waals surface area contributed by atoms with Crippen molar-refractivity contribution in [2.45, 2.75) is 6.92 Å². The summed E-state index contributed by atoms with van der Waals surface area (Å²) in [6.45, 7) is 2.12. The maximum Gasteiger partial charge on any atom is 0.253 e. The fourth-order valence-electron chi connectivity index (χ4n) is 1.40. The third-order valence-corrected chi connectivity index (χ3v) is 2.98. The van der Waals surface area contributed by atoms with Gasteiger partial charge in [-0.15, -0.1) is 0 Å². The third kappa shape index (κ3) is 3.46. The van der Waals surface area contributed by atoms with Crippen molar-refractivity contribution >= 4 is 21.8 Å². The first kappa shape index (κ1) is 13.5. The highest BCUT2D eigenvalue weighted by Gasteiger charge is 2.15. The SMILES string of the molecule is CC(C#N)CN(C)C(=O)c1ccc(Br)c(O)c1. The van der Waals surface area contributed by atoms with Crippen molar-refractivity contribution in [2.75, 3.05) is 13.6 Å². The number of amides is 1. The molecule has 0 spiro atoms. The minimum absolute atomic E-state index is 0.0255. The smallest absolute Gasteiger partial charge is 0.253 e. The van der Waals surface area contributed by atoms with Crippen molar-refractivity contribution in [1.82, 2.24) is 4.90 Å². The van der Waals surface area contributed by atoms with Gasteiger partial charge in [0.1, 0.15) is 5.75 Å². The number of rotatable bonds is 3. The van der Waals surface area contributed by atoms with E-state index < -0.39 is 0 Å². The summed E-state index contributed by atoms with van der Waals surface area (Å²) in [5, 5.41) is 18.2. The summed E-state index contributed by atoms with van der Waals surface area (Å²) in [7, 11) is 1.63. The molecule has 1 N–H and O–H groups in total. The van der Waals surface area contributed by atoms with E-state index >= 15 is 0 Å². The van der Waals surface area contributed by atoms with Gasteiger partial charge in [0.25, 0.3) is 5.91 Å². The average Bonchev–Trinajstić information content (AvgIpc) is 2.31. The lowest BCUT2D eigenvalue weighted by atomic mass is 10.1. The molecule has 90 valence electrons. The van der Waals surface area contributed by atoms with Crippen molar-refractivity contribution < 1.29 is 9.90 Å². The van der Waals surface area contributed by atoms with Crippen LogP contribution in [0.2, 0.25) is 0 Å². The third-order valence-electron chi connectivity index (χ3n) is 2.31. The Balaban J connectivity index is 2.82. The van der Waals surface area contributed by atoms with E-state index in [-0.39, 0.29) is 17.6 Å². The van der Waals surface area contributed by atoms with Gasteiger partial charge in [0.05, 0.1) is 16.5 Å². The number of aromatic hydroxyl groups is 1. The lowest BCUT2D eigenvalue weighted by Gasteiger charge is -2.18. The highest BCUT2D eigenvalue weighted by Crippen LogP contribution is 2.24. The number of carbonyl (C=O) groups excluding carboxylic acids is 1. The van der Waals surface area contributed by atoms with Gasteiger partial charge in [0.15, 0.2) is 0 Å². The van der Waals surface area contributed by atoms with Gasteiger partial charge in [0.2, 0.25) is 0 Å². The molecule has 1 atom stereocenters. The molecule has 1 aromatic carbocycles. The number of hydrogen-bond donors (Lipinski definition) is 1. The Morgan fingerprint density at radius 1 is 1.65 bits per heavy atom. The van der Waals surface area contributed by atoms with E-state index in [0.29, 0.717) is 16.6 Å². The Kier molecular flexibility index (Phi) is 4.53. The molecule has 17 heavy (non-hydrogen) atoms. The summed E-state index contributed by atoms with van der Waals surface area (Å²) in [6, 6.07) is 6.71. The maximum absolute atomic E-state index is 11.9. The van der Waals surface area contributed by atoms with Gasteiger partial charge in [-0.05, 0) is 41.1 Å². The van der Waals surface area contributed by atoms with E-state index in [9.17, 15) is 9.90 Å². The van der Waals surface area contributed by atoms with Crippen LogP contribution in [0.5, 0.6) is 5.75 Å². The fraction of sp³-hybridized carbons (Fsp3) is 0.333. The summed E-state index contributed by atoms with van der Waals surface area (Å²) in [5.74, 6) is -0.402. The molecule has 0 aliphatic rings. The molecule has 0 aromatic heterocycles.